The van der Waals surface area contributed by atoms with Gasteiger partial charge in [-0.1, -0.05) is 23.7 Å². The van der Waals surface area contributed by atoms with Crippen molar-refractivity contribution in [3.8, 4) is 0 Å². The minimum Gasteiger partial charge on any atom is -0.378 e. The van der Waals surface area contributed by atoms with Crippen LogP contribution < -0.4 is 10.6 Å². The fourth-order valence-corrected chi connectivity index (χ4v) is 3.61. The van der Waals surface area contributed by atoms with Crippen molar-refractivity contribution >= 4 is 44.7 Å². The number of nitrogens with two attached hydrogens (primary N) is 1. The first-order valence-electron chi connectivity index (χ1n) is 7.76. The molecule has 1 aliphatic heterocycles. The number of benzene rings is 1. The summed E-state index contributed by atoms with van der Waals surface area (Å²) in [5.41, 5.74) is 7.28. The van der Waals surface area contributed by atoms with Gasteiger partial charge in [0, 0.05) is 43.9 Å². The molecule has 2 N–H and O–H groups in total. The first-order chi connectivity index (χ1) is 12.0. The first kappa shape index (κ1) is 17.9. The predicted octanol–water partition coefficient (Wildman–Crippen LogP) is 3.31. The first-order valence-corrected chi connectivity index (χ1v) is 8.93. The Hall–Kier alpha value is -1.90. The smallest absolute Gasteiger partial charge is 0.335 e. The molecular weight excluding hydrogens is 410 g/mol. The van der Waals surface area contributed by atoms with Gasteiger partial charge in [0.1, 0.15) is 5.69 Å². The van der Waals surface area contributed by atoms with Gasteiger partial charge in [-0.3, -0.25) is 15.0 Å². The lowest BCUT2D eigenvalue weighted by Gasteiger charge is -2.36. The highest BCUT2D eigenvalue weighted by molar-refractivity contribution is 9.10. The van der Waals surface area contributed by atoms with Crippen LogP contribution in [0, 0.1) is 10.1 Å². The number of piperazine rings is 1. The van der Waals surface area contributed by atoms with Gasteiger partial charge in [0.05, 0.1) is 9.40 Å². The summed E-state index contributed by atoms with van der Waals surface area (Å²) >= 11 is 9.28. The highest BCUT2D eigenvalue weighted by Crippen LogP contribution is 2.39. The maximum Gasteiger partial charge on any atom is 0.335 e. The largest absolute Gasteiger partial charge is 0.378 e. The average molecular weight is 427 g/mol. The number of nitrogen functional groups attached to an aromatic ring is 1. The summed E-state index contributed by atoms with van der Waals surface area (Å²) in [5, 5.41) is 12.1. The molecule has 7 nitrogen and oxygen atoms in total. The monoisotopic (exact) mass is 425 g/mol. The molecule has 9 heteroatoms. The Morgan fingerprint density at radius 1 is 1.24 bits per heavy atom. The van der Waals surface area contributed by atoms with E-state index in [1.165, 1.54) is 11.8 Å². The van der Waals surface area contributed by atoms with Crippen LogP contribution >= 0.6 is 27.5 Å². The van der Waals surface area contributed by atoms with Gasteiger partial charge < -0.3 is 10.6 Å². The van der Waals surface area contributed by atoms with E-state index >= 15 is 0 Å². The molecule has 1 aromatic heterocycles. The van der Waals surface area contributed by atoms with Gasteiger partial charge in [-0.2, -0.15) is 0 Å². The molecule has 132 valence electrons. The van der Waals surface area contributed by atoms with Crippen molar-refractivity contribution in [3.63, 3.8) is 0 Å². The van der Waals surface area contributed by atoms with E-state index in [2.05, 4.69) is 25.8 Å². The lowest BCUT2D eigenvalue weighted by Crippen LogP contribution is -2.46. The third-order valence-electron chi connectivity index (χ3n) is 4.20. The number of aromatic nitrogens is 1. The predicted molar refractivity (Wildman–Crippen MR) is 102 cm³/mol. The minimum absolute atomic E-state index is 0.0632. The summed E-state index contributed by atoms with van der Waals surface area (Å²) in [6, 6.07) is 7.79. The number of halogens is 2. The Morgan fingerprint density at radius 2 is 1.88 bits per heavy atom. The number of hydrogen-bond acceptors (Lipinski definition) is 6. The lowest BCUT2D eigenvalue weighted by atomic mass is 10.2. The average Bonchev–Trinajstić information content (AvgIpc) is 2.59. The van der Waals surface area contributed by atoms with Crippen molar-refractivity contribution in [1.29, 1.82) is 0 Å². The molecule has 0 amide bonds. The van der Waals surface area contributed by atoms with E-state index in [1.807, 2.05) is 29.2 Å². The van der Waals surface area contributed by atoms with Crippen molar-refractivity contribution in [3.05, 3.63) is 55.6 Å². The summed E-state index contributed by atoms with van der Waals surface area (Å²) in [6.45, 7) is 3.78. The van der Waals surface area contributed by atoms with Gasteiger partial charge in [-0.05, 0) is 33.6 Å². The van der Waals surface area contributed by atoms with Gasteiger partial charge in [0.2, 0.25) is 5.82 Å². The molecular formula is C16H17BrClN5O2. The molecule has 0 radical (unpaired) electrons. The molecule has 25 heavy (non-hydrogen) atoms. The molecule has 0 bridgehead atoms. The fraction of sp³-hybridized carbons (Fsp3) is 0.312. The Bertz CT molecular complexity index is 779. The van der Waals surface area contributed by atoms with Crippen molar-refractivity contribution in [1.82, 2.24) is 9.88 Å². The number of anilines is 2. The van der Waals surface area contributed by atoms with E-state index in [1.54, 1.807) is 0 Å². The van der Waals surface area contributed by atoms with Crippen molar-refractivity contribution in [2.75, 3.05) is 36.8 Å². The molecule has 1 fully saturated rings. The van der Waals surface area contributed by atoms with Crippen LogP contribution in [0.15, 0.2) is 34.9 Å². The van der Waals surface area contributed by atoms with Crippen LogP contribution in [-0.2, 0) is 6.54 Å². The van der Waals surface area contributed by atoms with Crippen LogP contribution in [0.1, 0.15) is 5.56 Å². The zero-order valence-corrected chi connectivity index (χ0v) is 15.7. The second-order valence-electron chi connectivity index (χ2n) is 5.84. The number of nitro groups is 1. The third-order valence-corrected chi connectivity index (χ3v) is 5.03. The zero-order chi connectivity index (χ0) is 18.0. The van der Waals surface area contributed by atoms with Crippen molar-refractivity contribution in [2.45, 2.75) is 6.54 Å². The van der Waals surface area contributed by atoms with E-state index in [0.29, 0.717) is 23.2 Å². The van der Waals surface area contributed by atoms with Crippen molar-refractivity contribution < 1.29 is 4.92 Å². The van der Waals surface area contributed by atoms with Gasteiger partial charge >= 0.3 is 5.69 Å². The topological polar surface area (TPSA) is 88.5 Å². The second kappa shape index (κ2) is 7.55. The van der Waals surface area contributed by atoms with Crippen LogP contribution in [0.2, 0.25) is 5.02 Å². The molecule has 2 heterocycles. The van der Waals surface area contributed by atoms with Gasteiger partial charge in [0.15, 0.2) is 0 Å². The number of pyridine rings is 1. The molecule has 0 saturated carbocycles. The molecule has 2 aromatic rings. The fourth-order valence-electron chi connectivity index (χ4n) is 2.94. The summed E-state index contributed by atoms with van der Waals surface area (Å²) in [5.74, 6) is -0.0632. The highest BCUT2D eigenvalue weighted by Gasteiger charge is 2.29. The van der Waals surface area contributed by atoms with Crippen LogP contribution in [-0.4, -0.2) is 41.0 Å². The van der Waals surface area contributed by atoms with Crippen LogP contribution in [0.4, 0.5) is 17.2 Å². The van der Waals surface area contributed by atoms with Crippen LogP contribution in [0.5, 0.6) is 0 Å². The normalized spacial score (nSPS) is 15.4. The van der Waals surface area contributed by atoms with Gasteiger partial charge in [0.25, 0.3) is 0 Å². The van der Waals surface area contributed by atoms with E-state index in [4.69, 9.17) is 17.3 Å². The van der Waals surface area contributed by atoms with Gasteiger partial charge in [-0.15, -0.1) is 0 Å². The van der Waals surface area contributed by atoms with E-state index in [0.717, 1.165) is 24.7 Å². The van der Waals surface area contributed by atoms with Gasteiger partial charge in [-0.25, -0.2) is 4.98 Å². The molecule has 3 rings (SSSR count). The lowest BCUT2D eigenvalue weighted by molar-refractivity contribution is -0.383. The van der Waals surface area contributed by atoms with Crippen molar-refractivity contribution in [2.24, 2.45) is 0 Å². The number of rotatable bonds is 4. The van der Waals surface area contributed by atoms with Crippen LogP contribution in [0.3, 0.4) is 0 Å². The third kappa shape index (κ3) is 4.02. The minimum atomic E-state index is -0.470. The molecule has 0 atom stereocenters. The molecule has 1 aliphatic rings. The highest BCUT2D eigenvalue weighted by atomic mass is 79.9. The molecule has 1 aromatic carbocycles. The Labute approximate surface area is 158 Å². The standard InChI is InChI=1S/C16H17BrClN5O2/c17-13-9-20-16(19)15(23(24)25)14(13)22-7-5-21(6-8-22)10-11-1-3-12(18)4-2-11/h1-4,9H,5-8,10H2,(H2,19,20). The quantitative estimate of drug-likeness (QED) is 0.596. The summed E-state index contributed by atoms with van der Waals surface area (Å²) in [7, 11) is 0. The Morgan fingerprint density at radius 3 is 2.48 bits per heavy atom. The van der Waals surface area contributed by atoms with E-state index in [9.17, 15) is 10.1 Å². The molecule has 0 unspecified atom stereocenters. The summed E-state index contributed by atoms with van der Waals surface area (Å²) in [6.07, 6.45) is 1.51. The second-order valence-corrected chi connectivity index (χ2v) is 7.13. The molecule has 0 spiro atoms. The Kier molecular flexibility index (Phi) is 5.41. The molecule has 1 saturated heterocycles. The summed E-state index contributed by atoms with van der Waals surface area (Å²) in [4.78, 5) is 19.1. The number of nitrogens with zero attached hydrogens (tertiary/aromatic N) is 4. The maximum absolute atomic E-state index is 11.4. The van der Waals surface area contributed by atoms with E-state index < -0.39 is 4.92 Å². The van der Waals surface area contributed by atoms with E-state index in [-0.39, 0.29) is 11.5 Å². The zero-order valence-electron chi connectivity index (χ0n) is 13.4. The summed E-state index contributed by atoms with van der Waals surface area (Å²) < 4.78 is 0.583. The van der Waals surface area contributed by atoms with Crippen LogP contribution in [0.25, 0.3) is 0 Å². The Balaban J connectivity index is 1.71. The molecule has 0 aliphatic carbocycles. The maximum atomic E-state index is 11.4. The number of hydrogen-bond donors (Lipinski definition) is 1. The SMILES string of the molecule is Nc1ncc(Br)c(N2CCN(Cc3ccc(Cl)cc3)CC2)c1[N+](=O)[O-].